The monoisotopic (exact) mass is 162 g/mol. The highest BCUT2D eigenvalue weighted by Crippen LogP contribution is 2.06. The van der Waals surface area contributed by atoms with Gasteiger partial charge in [-0.2, -0.15) is 0 Å². The molecule has 3 nitrogen and oxygen atoms in total. The summed E-state index contributed by atoms with van der Waals surface area (Å²) < 4.78 is 7.15. The minimum Gasteiger partial charge on any atom is -0.448 e. The largest absolute Gasteiger partial charge is 0.448 e. The first-order chi connectivity index (χ1) is 5.86. The average molecular weight is 162 g/mol. The predicted molar refractivity (Wildman–Crippen MR) is 44.8 cm³/mol. The molecule has 2 rings (SSSR count). The normalized spacial score (nSPS) is 10.4. The van der Waals surface area contributed by atoms with E-state index in [9.17, 15) is 0 Å². The Kier molecular flexibility index (Phi) is 1.70. The molecule has 0 aliphatic heterocycles. The van der Waals surface area contributed by atoms with Crippen molar-refractivity contribution in [2.45, 2.75) is 13.5 Å². The molecule has 0 saturated heterocycles. The van der Waals surface area contributed by atoms with E-state index in [1.54, 1.807) is 0 Å². The van der Waals surface area contributed by atoms with E-state index in [4.69, 9.17) is 4.42 Å². The van der Waals surface area contributed by atoms with Crippen molar-refractivity contribution in [3.8, 4) is 0 Å². The molecule has 0 atom stereocenters. The Hall–Kier alpha value is -1.51. The first kappa shape index (κ1) is 7.16. The van der Waals surface area contributed by atoms with Crippen molar-refractivity contribution in [2.24, 2.45) is 0 Å². The molecule has 0 aromatic carbocycles. The summed E-state index contributed by atoms with van der Waals surface area (Å²) in [6.45, 7) is 2.71. The Morgan fingerprint density at radius 3 is 2.75 bits per heavy atom. The highest BCUT2D eigenvalue weighted by molar-refractivity contribution is 5.06. The van der Waals surface area contributed by atoms with Gasteiger partial charge < -0.3 is 8.98 Å². The first-order valence-electron chi connectivity index (χ1n) is 3.86. The summed E-state index contributed by atoms with van der Waals surface area (Å²) in [6, 6.07) is 3.99. The van der Waals surface area contributed by atoms with Crippen LogP contribution < -0.4 is 0 Å². The van der Waals surface area contributed by atoms with Crippen LogP contribution in [-0.2, 0) is 6.54 Å². The van der Waals surface area contributed by atoms with Gasteiger partial charge in [0, 0.05) is 12.4 Å². The Morgan fingerprint density at radius 1 is 1.42 bits per heavy atom. The van der Waals surface area contributed by atoms with Crippen molar-refractivity contribution < 1.29 is 4.42 Å². The van der Waals surface area contributed by atoms with Crippen LogP contribution in [0, 0.1) is 6.92 Å². The minimum absolute atomic E-state index is 0.787. The molecule has 3 heteroatoms. The van der Waals surface area contributed by atoms with Gasteiger partial charge in [-0.25, -0.2) is 4.98 Å². The van der Waals surface area contributed by atoms with Crippen molar-refractivity contribution in [1.82, 2.24) is 9.55 Å². The van der Waals surface area contributed by atoms with Gasteiger partial charge in [-0.05, 0) is 19.1 Å². The molecule has 0 unspecified atom stereocenters. The summed E-state index contributed by atoms with van der Waals surface area (Å²) in [7, 11) is 0. The third kappa shape index (κ3) is 1.25. The zero-order chi connectivity index (χ0) is 8.39. The zero-order valence-corrected chi connectivity index (χ0v) is 6.90. The molecule has 2 aromatic rings. The molecule has 0 bridgehead atoms. The maximum Gasteiger partial charge on any atom is 0.181 e. The van der Waals surface area contributed by atoms with Crippen LogP contribution in [0.25, 0.3) is 0 Å². The van der Waals surface area contributed by atoms with E-state index >= 15 is 0 Å². The van der Waals surface area contributed by atoms with Crippen LogP contribution in [0.2, 0.25) is 0 Å². The van der Waals surface area contributed by atoms with Crippen molar-refractivity contribution in [3.05, 3.63) is 42.4 Å². The van der Waals surface area contributed by atoms with Crippen LogP contribution in [0.3, 0.4) is 0 Å². The smallest absolute Gasteiger partial charge is 0.181 e. The lowest BCUT2D eigenvalue weighted by Crippen LogP contribution is -1.97. The third-order valence-electron chi connectivity index (χ3n) is 1.84. The molecular formula is C9H10N2O. The number of hydrogen-bond acceptors (Lipinski definition) is 2. The number of nitrogens with zero attached hydrogens (tertiary/aromatic N) is 2. The molecule has 0 amide bonds. The Bertz CT molecular complexity index is 348. The van der Waals surface area contributed by atoms with Gasteiger partial charge in [0.05, 0.1) is 6.54 Å². The van der Waals surface area contributed by atoms with Crippen LogP contribution in [0.15, 0.2) is 35.3 Å². The summed E-state index contributed by atoms with van der Waals surface area (Å²) in [6.07, 6.45) is 5.50. The molecule has 12 heavy (non-hydrogen) atoms. The fourth-order valence-electron chi connectivity index (χ4n) is 1.13. The standard InChI is InChI=1S/C9H10N2O/c1-8-9(10-7-12-8)6-11-4-2-3-5-11/h2-5,7H,6H2,1H3. The van der Waals surface area contributed by atoms with E-state index in [0.29, 0.717) is 0 Å². The van der Waals surface area contributed by atoms with Crippen LogP contribution in [0.5, 0.6) is 0 Å². The molecule has 0 aliphatic rings. The van der Waals surface area contributed by atoms with E-state index in [2.05, 4.69) is 9.55 Å². The fourth-order valence-corrected chi connectivity index (χ4v) is 1.13. The van der Waals surface area contributed by atoms with E-state index in [1.165, 1.54) is 6.39 Å². The average Bonchev–Trinajstić information content (AvgIpc) is 2.65. The molecule has 0 spiro atoms. The van der Waals surface area contributed by atoms with E-state index < -0.39 is 0 Å². The molecular weight excluding hydrogens is 152 g/mol. The molecule has 2 aromatic heterocycles. The highest BCUT2D eigenvalue weighted by atomic mass is 16.3. The van der Waals surface area contributed by atoms with Gasteiger partial charge >= 0.3 is 0 Å². The van der Waals surface area contributed by atoms with Gasteiger partial charge in [0.15, 0.2) is 6.39 Å². The second-order valence-corrected chi connectivity index (χ2v) is 2.71. The quantitative estimate of drug-likeness (QED) is 0.674. The summed E-state index contributed by atoms with van der Waals surface area (Å²) in [4.78, 5) is 4.10. The number of aromatic nitrogens is 2. The number of hydrogen-bond donors (Lipinski definition) is 0. The van der Waals surface area contributed by atoms with Gasteiger partial charge in [-0.15, -0.1) is 0 Å². The number of aryl methyl sites for hydroxylation is 1. The summed E-state index contributed by atoms with van der Waals surface area (Å²) >= 11 is 0. The topological polar surface area (TPSA) is 31.0 Å². The van der Waals surface area contributed by atoms with Crippen molar-refractivity contribution in [3.63, 3.8) is 0 Å². The highest BCUT2D eigenvalue weighted by Gasteiger charge is 2.01. The van der Waals surface area contributed by atoms with Gasteiger partial charge in [0.1, 0.15) is 11.5 Å². The van der Waals surface area contributed by atoms with Gasteiger partial charge in [0.25, 0.3) is 0 Å². The molecule has 0 aliphatic carbocycles. The zero-order valence-electron chi connectivity index (χ0n) is 6.90. The molecule has 0 radical (unpaired) electrons. The van der Waals surface area contributed by atoms with Crippen LogP contribution in [0.4, 0.5) is 0 Å². The lowest BCUT2D eigenvalue weighted by Gasteiger charge is -1.98. The lowest BCUT2D eigenvalue weighted by atomic mass is 10.3. The summed E-state index contributed by atoms with van der Waals surface area (Å²) in [5.74, 6) is 0.892. The second kappa shape index (κ2) is 2.85. The van der Waals surface area contributed by atoms with E-state index in [1.807, 2.05) is 31.5 Å². The summed E-state index contributed by atoms with van der Waals surface area (Å²) in [5, 5.41) is 0. The van der Waals surface area contributed by atoms with Crippen LogP contribution in [-0.4, -0.2) is 9.55 Å². The lowest BCUT2D eigenvalue weighted by molar-refractivity contribution is 0.523. The third-order valence-corrected chi connectivity index (χ3v) is 1.84. The SMILES string of the molecule is Cc1ocnc1Cn1cccc1. The van der Waals surface area contributed by atoms with Crippen LogP contribution >= 0.6 is 0 Å². The number of rotatable bonds is 2. The van der Waals surface area contributed by atoms with Crippen molar-refractivity contribution >= 4 is 0 Å². The van der Waals surface area contributed by atoms with Gasteiger partial charge in [0.2, 0.25) is 0 Å². The maximum atomic E-state index is 5.09. The minimum atomic E-state index is 0.787. The summed E-state index contributed by atoms with van der Waals surface area (Å²) in [5.41, 5.74) is 0.992. The molecule has 0 fully saturated rings. The number of oxazole rings is 1. The Morgan fingerprint density at radius 2 is 2.17 bits per heavy atom. The predicted octanol–water partition coefficient (Wildman–Crippen LogP) is 1.83. The van der Waals surface area contributed by atoms with E-state index in [0.717, 1.165) is 18.0 Å². The molecule has 0 saturated carbocycles. The van der Waals surface area contributed by atoms with E-state index in [-0.39, 0.29) is 0 Å². The first-order valence-corrected chi connectivity index (χ1v) is 3.86. The van der Waals surface area contributed by atoms with Crippen molar-refractivity contribution in [2.75, 3.05) is 0 Å². The van der Waals surface area contributed by atoms with Gasteiger partial charge in [-0.3, -0.25) is 0 Å². The molecule has 62 valence electrons. The van der Waals surface area contributed by atoms with Gasteiger partial charge in [-0.1, -0.05) is 0 Å². The Labute approximate surface area is 70.7 Å². The fraction of sp³-hybridized carbons (Fsp3) is 0.222. The van der Waals surface area contributed by atoms with Crippen LogP contribution in [0.1, 0.15) is 11.5 Å². The molecule has 0 N–H and O–H groups in total. The second-order valence-electron chi connectivity index (χ2n) is 2.71. The Balaban J connectivity index is 2.20. The molecule has 2 heterocycles. The maximum absolute atomic E-state index is 5.09. The van der Waals surface area contributed by atoms with Crippen molar-refractivity contribution in [1.29, 1.82) is 0 Å².